The summed E-state index contributed by atoms with van der Waals surface area (Å²) >= 11 is 0. The van der Waals surface area contributed by atoms with E-state index >= 15 is 0 Å². The molecule has 0 spiro atoms. The molecule has 1 aromatic heterocycles. The monoisotopic (exact) mass is 312 g/mol. The molecule has 3 aromatic rings. The van der Waals surface area contributed by atoms with Gasteiger partial charge in [-0.25, -0.2) is 9.18 Å². The average molecular weight is 312 g/mol. The van der Waals surface area contributed by atoms with Crippen molar-refractivity contribution in [1.29, 1.82) is 0 Å². The molecular weight excluding hydrogens is 299 g/mol. The molecule has 3 rings (SSSR count). The van der Waals surface area contributed by atoms with Crippen molar-refractivity contribution >= 4 is 22.7 Å². The smallest absolute Gasteiger partial charge is 0.408 e. The number of carbonyl (C=O) groups is 1. The molecule has 0 atom stereocenters. The number of aromatic nitrogens is 1. The van der Waals surface area contributed by atoms with Gasteiger partial charge in [-0.1, -0.05) is 12.1 Å². The summed E-state index contributed by atoms with van der Waals surface area (Å²) in [5, 5.41) is 2.60. The van der Waals surface area contributed by atoms with Crippen LogP contribution < -0.4 is 11.1 Å². The number of nitrogens with zero attached hydrogens (tertiary/aromatic N) is 1. The van der Waals surface area contributed by atoms with Crippen LogP contribution in [0.4, 0.5) is 10.1 Å². The zero-order valence-corrected chi connectivity index (χ0v) is 12.1. The summed E-state index contributed by atoms with van der Waals surface area (Å²) in [6.07, 6.45) is 1.57. The van der Waals surface area contributed by atoms with Crippen LogP contribution in [0.5, 0.6) is 0 Å². The Labute approximate surface area is 130 Å². The van der Waals surface area contributed by atoms with Crippen LogP contribution in [-0.4, -0.2) is 10.5 Å². The third-order valence-electron chi connectivity index (χ3n) is 3.32. The predicted molar refractivity (Wildman–Crippen MR) is 85.0 cm³/mol. The second kappa shape index (κ2) is 5.92. The second-order valence-electron chi connectivity index (χ2n) is 4.91. The Morgan fingerprint density at radius 3 is 2.87 bits per heavy atom. The van der Waals surface area contributed by atoms with Crippen LogP contribution in [0.15, 0.2) is 64.3 Å². The fourth-order valence-electron chi connectivity index (χ4n) is 2.27. The molecule has 5 nitrogen and oxygen atoms in total. The zero-order chi connectivity index (χ0) is 16.4. The van der Waals surface area contributed by atoms with Gasteiger partial charge in [0.15, 0.2) is 5.58 Å². The number of benzene rings is 2. The first-order chi connectivity index (χ1) is 11.1. The van der Waals surface area contributed by atoms with Crippen LogP contribution >= 0.6 is 0 Å². The summed E-state index contributed by atoms with van der Waals surface area (Å²) < 4.78 is 19.6. The van der Waals surface area contributed by atoms with E-state index in [2.05, 4.69) is 11.9 Å². The Kier molecular flexibility index (Phi) is 3.80. The number of oxazole rings is 1. The van der Waals surface area contributed by atoms with Crippen LogP contribution in [0.3, 0.4) is 0 Å². The van der Waals surface area contributed by atoms with Crippen molar-refractivity contribution in [3.63, 3.8) is 0 Å². The second-order valence-corrected chi connectivity index (χ2v) is 4.91. The van der Waals surface area contributed by atoms with Crippen molar-refractivity contribution in [3.8, 4) is 0 Å². The molecule has 1 heterocycles. The SMILES string of the molecule is C=CCn1c(=O)oc2ccc(C(=O)Nc3cccc(F)c3)cc21. The van der Waals surface area contributed by atoms with Gasteiger partial charge in [0.2, 0.25) is 0 Å². The highest BCUT2D eigenvalue weighted by atomic mass is 19.1. The molecule has 0 radical (unpaired) electrons. The summed E-state index contributed by atoms with van der Waals surface area (Å²) in [7, 11) is 0. The fourth-order valence-corrected chi connectivity index (χ4v) is 2.27. The van der Waals surface area contributed by atoms with Crippen molar-refractivity contribution in [2.24, 2.45) is 0 Å². The van der Waals surface area contributed by atoms with Gasteiger partial charge >= 0.3 is 5.76 Å². The van der Waals surface area contributed by atoms with Gasteiger partial charge in [0.05, 0.1) is 5.52 Å². The Morgan fingerprint density at radius 2 is 2.13 bits per heavy atom. The lowest BCUT2D eigenvalue weighted by molar-refractivity contribution is 0.102. The Balaban J connectivity index is 1.96. The van der Waals surface area contributed by atoms with E-state index in [9.17, 15) is 14.0 Å². The van der Waals surface area contributed by atoms with Gasteiger partial charge < -0.3 is 9.73 Å². The lowest BCUT2D eigenvalue weighted by Crippen LogP contribution is -2.14. The standard InChI is InChI=1S/C17H13FN2O3/c1-2-8-20-14-9-11(6-7-15(14)23-17(20)22)16(21)19-13-5-3-4-12(18)10-13/h2-7,9-10H,1,8H2,(H,19,21). The molecule has 0 saturated heterocycles. The highest BCUT2D eigenvalue weighted by Crippen LogP contribution is 2.17. The zero-order valence-electron chi connectivity index (χ0n) is 12.1. The third kappa shape index (κ3) is 2.91. The largest absolute Gasteiger partial charge is 0.420 e. The third-order valence-corrected chi connectivity index (χ3v) is 3.32. The normalized spacial score (nSPS) is 10.7. The maximum Gasteiger partial charge on any atom is 0.420 e. The maximum atomic E-state index is 13.2. The number of rotatable bonds is 4. The number of anilines is 1. The van der Waals surface area contributed by atoms with Crippen LogP contribution in [0.25, 0.3) is 11.1 Å². The molecule has 1 amide bonds. The molecule has 116 valence electrons. The highest BCUT2D eigenvalue weighted by Gasteiger charge is 2.12. The molecule has 0 saturated carbocycles. The number of allylic oxidation sites excluding steroid dienone is 1. The van der Waals surface area contributed by atoms with Gasteiger partial charge in [-0.2, -0.15) is 0 Å². The fraction of sp³-hybridized carbons (Fsp3) is 0.0588. The number of fused-ring (bicyclic) bond motifs is 1. The van der Waals surface area contributed by atoms with E-state index in [1.54, 1.807) is 24.3 Å². The predicted octanol–water partition coefficient (Wildman–Crippen LogP) is 3.17. The molecule has 1 N–H and O–H groups in total. The summed E-state index contributed by atoms with van der Waals surface area (Å²) in [5.41, 5.74) is 1.58. The molecular formula is C17H13FN2O3. The van der Waals surface area contributed by atoms with E-state index in [1.807, 2.05) is 0 Å². The summed E-state index contributed by atoms with van der Waals surface area (Å²) in [6.45, 7) is 3.87. The quantitative estimate of drug-likeness (QED) is 0.753. The van der Waals surface area contributed by atoms with Crippen molar-refractivity contribution in [3.05, 3.63) is 77.1 Å². The van der Waals surface area contributed by atoms with Crippen LogP contribution in [-0.2, 0) is 6.54 Å². The number of amides is 1. The summed E-state index contributed by atoms with van der Waals surface area (Å²) in [4.78, 5) is 24.0. The highest BCUT2D eigenvalue weighted by molar-refractivity contribution is 6.05. The lowest BCUT2D eigenvalue weighted by Gasteiger charge is -2.06. The van der Waals surface area contributed by atoms with Crippen molar-refractivity contribution in [2.75, 3.05) is 5.32 Å². The van der Waals surface area contributed by atoms with E-state index in [-0.39, 0.29) is 6.54 Å². The first-order valence-corrected chi connectivity index (χ1v) is 6.89. The van der Waals surface area contributed by atoms with Crippen molar-refractivity contribution in [2.45, 2.75) is 6.54 Å². The van der Waals surface area contributed by atoms with Crippen molar-refractivity contribution < 1.29 is 13.6 Å². The molecule has 23 heavy (non-hydrogen) atoms. The van der Waals surface area contributed by atoms with Crippen molar-refractivity contribution in [1.82, 2.24) is 4.57 Å². The van der Waals surface area contributed by atoms with Gasteiger partial charge in [-0.15, -0.1) is 6.58 Å². The number of hydrogen-bond acceptors (Lipinski definition) is 3. The van der Waals surface area contributed by atoms with Gasteiger partial charge in [0.25, 0.3) is 5.91 Å². The van der Waals surface area contributed by atoms with Gasteiger partial charge in [-0.3, -0.25) is 9.36 Å². The molecule has 0 aliphatic rings. The Morgan fingerprint density at radius 1 is 1.30 bits per heavy atom. The van der Waals surface area contributed by atoms with E-state index in [0.717, 1.165) is 0 Å². The number of halogens is 1. The van der Waals surface area contributed by atoms with E-state index < -0.39 is 17.5 Å². The Bertz CT molecular complexity index is 956. The minimum absolute atomic E-state index is 0.279. The van der Waals surface area contributed by atoms with Gasteiger partial charge in [-0.05, 0) is 36.4 Å². The van der Waals surface area contributed by atoms with Crippen LogP contribution in [0, 0.1) is 5.82 Å². The van der Waals surface area contributed by atoms with Gasteiger partial charge in [0.1, 0.15) is 5.82 Å². The van der Waals surface area contributed by atoms with E-state index in [4.69, 9.17) is 4.42 Å². The minimum atomic E-state index is -0.511. The minimum Gasteiger partial charge on any atom is -0.408 e. The summed E-state index contributed by atoms with van der Waals surface area (Å²) in [6, 6.07) is 10.3. The first kappa shape index (κ1) is 14.8. The van der Waals surface area contributed by atoms with Crippen LogP contribution in [0.2, 0.25) is 0 Å². The molecule has 0 aliphatic heterocycles. The molecule has 0 fully saturated rings. The van der Waals surface area contributed by atoms with E-state index in [0.29, 0.717) is 22.4 Å². The average Bonchev–Trinajstić information content (AvgIpc) is 2.83. The first-order valence-electron chi connectivity index (χ1n) is 6.89. The molecule has 2 aromatic carbocycles. The topological polar surface area (TPSA) is 64.2 Å². The molecule has 0 unspecified atom stereocenters. The Hall–Kier alpha value is -3.15. The maximum absolute atomic E-state index is 13.2. The molecule has 0 bridgehead atoms. The number of carbonyl (C=O) groups excluding carboxylic acids is 1. The molecule has 0 aliphatic carbocycles. The molecule has 6 heteroatoms. The van der Waals surface area contributed by atoms with Crippen LogP contribution in [0.1, 0.15) is 10.4 Å². The van der Waals surface area contributed by atoms with E-state index in [1.165, 1.54) is 28.8 Å². The number of hydrogen-bond donors (Lipinski definition) is 1. The van der Waals surface area contributed by atoms with Gasteiger partial charge in [0, 0.05) is 17.8 Å². The lowest BCUT2D eigenvalue weighted by atomic mass is 10.2. The summed E-state index contributed by atoms with van der Waals surface area (Å²) in [5.74, 6) is -1.35. The number of nitrogens with one attached hydrogen (secondary N) is 1.